The number of anilines is 1. The van der Waals surface area contributed by atoms with Crippen LogP contribution in [0.15, 0.2) is 176 Å². The van der Waals surface area contributed by atoms with Crippen LogP contribution in [0.3, 0.4) is 0 Å². The lowest BCUT2D eigenvalue weighted by atomic mass is 10.1. The number of rotatable bonds is 18. The number of carbonyl (C=O) groups is 2. The molecule has 0 radical (unpaired) electrons. The molecule has 0 saturated heterocycles. The number of hydrogen-bond acceptors (Lipinski definition) is 17. The van der Waals surface area contributed by atoms with Gasteiger partial charge in [-0.3, -0.25) is 42.8 Å². The lowest BCUT2D eigenvalue weighted by Crippen LogP contribution is -2.15. The van der Waals surface area contributed by atoms with Crippen LogP contribution in [0.4, 0.5) is 34.1 Å². The number of amidine groups is 1. The number of nitrogens with one attached hydrogen (secondary N) is 3. The molecule has 0 fully saturated rings. The second-order valence-corrected chi connectivity index (χ2v) is 23.0. The van der Waals surface area contributed by atoms with Crippen LogP contribution in [-0.4, -0.2) is 99.9 Å². The average molecular weight is 1210 g/mol. The Labute approximate surface area is 468 Å². The third kappa shape index (κ3) is 13.5. The monoisotopic (exact) mass is 1210 g/mol. The number of aryl methyl sites for hydroxylation is 2. The molecular formula is C51H40N10O18S4. The van der Waals surface area contributed by atoms with E-state index in [2.05, 4.69) is 41.0 Å². The Morgan fingerprint density at radius 3 is 1.39 bits per heavy atom. The molecule has 0 atom stereocenters. The van der Waals surface area contributed by atoms with Crippen molar-refractivity contribution >= 4 is 117 Å². The minimum atomic E-state index is -5.11. The predicted octanol–water partition coefficient (Wildman–Crippen LogP) is 8.59. The molecule has 0 bridgehead atoms. The molecule has 9 N–H and O–H groups in total. The van der Waals surface area contributed by atoms with Gasteiger partial charge >= 0.3 is 5.97 Å². The Balaban J connectivity index is 1.03. The van der Waals surface area contributed by atoms with E-state index in [1.807, 2.05) is 0 Å². The molecule has 28 nitrogen and oxygen atoms in total. The maximum atomic E-state index is 13.4. The molecule has 6 aromatic carbocycles. The van der Waals surface area contributed by atoms with E-state index in [0.29, 0.717) is 6.29 Å². The van der Waals surface area contributed by atoms with Gasteiger partial charge in [0.15, 0.2) is 17.7 Å². The van der Waals surface area contributed by atoms with Gasteiger partial charge in [0.1, 0.15) is 25.3 Å². The molecule has 8 rings (SSSR count). The van der Waals surface area contributed by atoms with Gasteiger partial charge in [0, 0.05) is 11.3 Å². The minimum absolute atomic E-state index is 0.0618. The number of azo groups is 2. The number of aromatic carboxylic acids is 1. The number of aliphatic imine (C=N–C) groups is 1. The maximum absolute atomic E-state index is 13.4. The van der Waals surface area contributed by atoms with Crippen LogP contribution in [0, 0.1) is 13.8 Å². The number of aldehydes is 1. The first kappa shape index (κ1) is 59.2. The van der Waals surface area contributed by atoms with Gasteiger partial charge in [0.05, 0.1) is 39.7 Å². The van der Waals surface area contributed by atoms with Crippen LogP contribution in [0.1, 0.15) is 54.4 Å². The van der Waals surface area contributed by atoms with Crippen LogP contribution in [-0.2, 0) is 40.5 Å². The maximum Gasteiger partial charge on any atom is 0.337 e. The molecule has 2 heterocycles. The number of aromatic amines is 2. The second kappa shape index (κ2) is 23.3. The molecule has 83 heavy (non-hydrogen) atoms. The summed E-state index contributed by atoms with van der Waals surface area (Å²) in [5, 5.41) is 43.8. The molecule has 0 aliphatic carbocycles. The number of carbonyl (C=O) groups excluding carboxylic acids is 1. The quantitative estimate of drug-likeness (QED) is 0.00969. The van der Waals surface area contributed by atoms with Gasteiger partial charge in [0.2, 0.25) is 0 Å². The molecule has 0 unspecified atom stereocenters. The summed E-state index contributed by atoms with van der Waals surface area (Å²) in [6.07, 6.45) is 4.77. The highest BCUT2D eigenvalue weighted by molar-refractivity contribution is 7.86. The van der Waals surface area contributed by atoms with Gasteiger partial charge < -0.3 is 15.5 Å². The van der Waals surface area contributed by atoms with Crippen LogP contribution in [0.5, 0.6) is 0 Å². The van der Waals surface area contributed by atoms with Crippen molar-refractivity contribution in [1.29, 1.82) is 0 Å². The molecule has 0 aliphatic heterocycles. The third-order valence-electron chi connectivity index (χ3n) is 11.8. The standard InChI is InChI=1S/C51H40N10O18S4/c1-28-46(56-54-40-9-5-3-7-34(40)27-62)48(63)60(58-28)37-21-17-32(44(25-37)82(74,75)76)13-11-30-15-19-35(23-42(30)80(68,69)70)52-51(67)53-36-20-16-31(43(24-36)81(71,72)73)12-14-33-18-22-38(26-45(33)83(77,78)79)61-49(64)47(29(2)59-61)57-55-41-10-6-4-8-39(41)50(65)66/h3-27,58-59H,1-2H3,(H,65,66)(H2,52,53,67)(H,68,69,70)(H,71,72,73)(H,74,75,76)(H,77,78,79)/b13-11+,14-12+,56-54?,57-55?. The zero-order chi connectivity index (χ0) is 60.3. The fraction of sp³-hybridized carbons (Fsp3) is 0.0392. The van der Waals surface area contributed by atoms with Crippen molar-refractivity contribution in [3.05, 3.63) is 187 Å². The van der Waals surface area contributed by atoms with E-state index in [-0.39, 0.29) is 90.3 Å². The fourth-order valence-corrected chi connectivity index (χ4v) is 10.7. The van der Waals surface area contributed by atoms with Gasteiger partial charge in [-0.2, -0.15) is 38.7 Å². The Kier molecular flexibility index (Phi) is 16.6. The second-order valence-electron chi connectivity index (χ2n) is 17.4. The van der Waals surface area contributed by atoms with E-state index < -0.39 is 83.2 Å². The zero-order valence-electron chi connectivity index (χ0n) is 42.3. The van der Waals surface area contributed by atoms with Crippen LogP contribution in [0.25, 0.3) is 35.7 Å². The van der Waals surface area contributed by atoms with Crippen LogP contribution in [0.2, 0.25) is 0 Å². The highest BCUT2D eigenvalue weighted by Crippen LogP contribution is 2.31. The normalized spacial score (nSPS) is 12.8. The smallest absolute Gasteiger partial charge is 0.337 e. The number of carboxylic acids is 1. The van der Waals surface area contributed by atoms with Gasteiger partial charge in [0.25, 0.3) is 57.6 Å². The molecule has 0 spiro atoms. The van der Waals surface area contributed by atoms with Crippen molar-refractivity contribution in [3.8, 4) is 11.4 Å². The topological polar surface area (TPSA) is 441 Å². The highest BCUT2D eigenvalue weighted by Gasteiger charge is 2.23. The lowest BCUT2D eigenvalue weighted by Gasteiger charge is -2.10. The number of aliphatic hydroxyl groups is 1. The summed E-state index contributed by atoms with van der Waals surface area (Å²) in [5.41, 5.74) is -3.47. The lowest BCUT2D eigenvalue weighted by molar-refractivity contribution is 0.0697. The molecule has 8 aromatic rings. The van der Waals surface area contributed by atoms with Gasteiger partial charge in [-0.25, -0.2) is 14.2 Å². The number of benzene rings is 6. The van der Waals surface area contributed by atoms with E-state index in [9.17, 15) is 81.3 Å². The van der Waals surface area contributed by atoms with E-state index >= 15 is 0 Å². The molecule has 2 aromatic heterocycles. The van der Waals surface area contributed by atoms with Crippen molar-refractivity contribution in [2.24, 2.45) is 25.4 Å². The largest absolute Gasteiger partial charge is 0.480 e. The first-order chi connectivity index (χ1) is 39.0. The molecule has 426 valence electrons. The SMILES string of the molecule is Cc1[nH]n(-c2ccc(/C=C/c3ccc(N=C(O)Nc4ccc(/C=C/c5ccc(-n6[nH]c(C)c(N=Nc7ccccc7C(=O)O)c6=O)cc5S(=O)(=O)O)c(S(=O)(=O)O)c4)cc3S(=O)(=O)O)c(S(=O)(=O)O)c2)c(=O)c1N=Nc1ccccc1C=O. The Morgan fingerprint density at radius 1 is 0.506 bits per heavy atom. The van der Waals surface area contributed by atoms with E-state index in [4.69, 9.17) is 0 Å². The molecular weight excluding hydrogens is 1170 g/mol. The fourth-order valence-electron chi connectivity index (χ4n) is 7.91. The van der Waals surface area contributed by atoms with Gasteiger partial charge in [-0.05, 0) is 109 Å². The number of carboxylic acid groups (broad SMARTS) is 1. The van der Waals surface area contributed by atoms with E-state index in [0.717, 1.165) is 82.2 Å². The summed E-state index contributed by atoms with van der Waals surface area (Å²) in [7, 11) is -20.4. The Hall–Kier alpha value is -9.93. The minimum Gasteiger partial charge on any atom is -0.480 e. The van der Waals surface area contributed by atoms with Crippen LogP contribution >= 0.6 is 0 Å². The summed E-state index contributed by atoms with van der Waals surface area (Å²) in [6.45, 7) is 2.91. The first-order valence-corrected chi connectivity index (χ1v) is 29.0. The van der Waals surface area contributed by atoms with Crippen molar-refractivity contribution in [2.75, 3.05) is 5.32 Å². The average Bonchev–Trinajstić information content (AvgIpc) is 3.46. The molecule has 0 amide bonds. The number of hydrogen-bond donors (Lipinski definition) is 9. The molecule has 0 aliphatic rings. The highest BCUT2D eigenvalue weighted by atomic mass is 32.2. The molecule has 0 saturated carbocycles. The summed E-state index contributed by atoms with van der Waals surface area (Å²) in [4.78, 5) is 50.5. The third-order valence-corrected chi connectivity index (χ3v) is 15.4. The number of H-pyrrole nitrogens is 2. The predicted molar refractivity (Wildman–Crippen MR) is 299 cm³/mol. The molecule has 32 heteroatoms. The number of nitrogens with zero attached hydrogens (tertiary/aromatic N) is 7. The summed E-state index contributed by atoms with van der Waals surface area (Å²) in [6, 6.07) is 23.6. The number of aliphatic hydroxyl groups excluding tert-OH is 1. The summed E-state index contributed by atoms with van der Waals surface area (Å²) in [5.74, 6) is -1.30. The van der Waals surface area contributed by atoms with Crippen molar-refractivity contribution < 1.29 is 71.7 Å². The van der Waals surface area contributed by atoms with E-state index in [1.165, 1.54) is 74.5 Å². The van der Waals surface area contributed by atoms with Crippen molar-refractivity contribution in [2.45, 2.75) is 33.4 Å². The number of aromatic nitrogens is 4. The van der Waals surface area contributed by atoms with Gasteiger partial charge in [-0.15, -0.1) is 20.5 Å². The van der Waals surface area contributed by atoms with Gasteiger partial charge in [-0.1, -0.05) is 72.8 Å². The van der Waals surface area contributed by atoms with Crippen LogP contribution < -0.4 is 16.4 Å². The Bertz CT molecular complexity index is 4750. The first-order valence-electron chi connectivity index (χ1n) is 23.2. The van der Waals surface area contributed by atoms with Crippen molar-refractivity contribution in [1.82, 2.24) is 19.6 Å². The summed E-state index contributed by atoms with van der Waals surface area (Å²) >= 11 is 0. The summed E-state index contributed by atoms with van der Waals surface area (Å²) < 4.78 is 144. The zero-order valence-corrected chi connectivity index (χ0v) is 45.5. The van der Waals surface area contributed by atoms with Crippen molar-refractivity contribution in [3.63, 3.8) is 0 Å². The Morgan fingerprint density at radius 2 is 0.916 bits per heavy atom. The van der Waals surface area contributed by atoms with E-state index in [1.54, 1.807) is 12.1 Å².